The van der Waals surface area contributed by atoms with Crippen molar-refractivity contribution in [1.82, 2.24) is 15.0 Å². The lowest BCUT2D eigenvalue weighted by atomic mass is 10.2. The van der Waals surface area contributed by atoms with Gasteiger partial charge in [-0.05, 0) is 37.6 Å². The summed E-state index contributed by atoms with van der Waals surface area (Å²) in [6.07, 6.45) is 0. The Balaban J connectivity index is 2.57. The van der Waals surface area contributed by atoms with Crippen LogP contribution in [0.1, 0.15) is 21.7 Å². The third-order valence-corrected chi connectivity index (χ3v) is 2.48. The molecule has 0 amide bonds. The average Bonchev–Trinajstić information content (AvgIpc) is 2.60. The van der Waals surface area contributed by atoms with Gasteiger partial charge in [-0.3, -0.25) is 0 Å². The maximum absolute atomic E-state index is 13.0. The lowest BCUT2D eigenvalue weighted by molar-refractivity contribution is 0.0689. The number of hydrogen-bond donors (Lipinski definition) is 1. The van der Waals surface area contributed by atoms with Crippen molar-refractivity contribution < 1.29 is 14.3 Å². The number of aromatic carboxylic acids is 1. The van der Waals surface area contributed by atoms with Crippen LogP contribution in [-0.2, 0) is 0 Å². The standard InChI is InChI=1S/C11H10FN3O2/c1-6-5-8(12)3-4-9(6)15-7(2)10(11(16)17)13-14-15/h3-5H,1-2H3,(H,16,17). The molecule has 0 saturated heterocycles. The molecule has 0 radical (unpaired) electrons. The second kappa shape index (κ2) is 3.97. The Labute approximate surface area is 96.5 Å². The van der Waals surface area contributed by atoms with Crippen LogP contribution in [0.3, 0.4) is 0 Å². The van der Waals surface area contributed by atoms with Gasteiger partial charge in [0.25, 0.3) is 0 Å². The first kappa shape index (κ1) is 11.3. The number of aromatic nitrogens is 3. The van der Waals surface area contributed by atoms with Crippen LogP contribution in [-0.4, -0.2) is 26.1 Å². The molecule has 0 bridgehead atoms. The second-order valence-electron chi connectivity index (χ2n) is 3.67. The average molecular weight is 235 g/mol. The summed E-state index contributed by atoms with van der Waals surface area (Å²) in [6.45, 7) is 3.33. The molecule has 0 unspecified atom stereocenters. The molecule has 6 heteroatoms. The maximum atomic E-state index is 13.0. The predicted octanol–water partition coefficient (Wildman–Crippen LogP) is 1.72. The Morgan fingerprint density at radius 1 is 1.41 bits per heavy atom. The van der Waals surface area contributed by atoms with Gasteiger partial charge in [0.2, 0.25) is 0 Å². The first-order valence-electron chi connectivity index (χ1n) is 4.93. The highest BCUT2D eigenvalue weighted by Gasteiger charge is 2.16. The van der Waals surface area contributed by atoms with Gasteiger partial charge in [0.15, 0.2) is 5.69 Å². The van der Waals surface area contributed by atoms with Gasteiger partial charge in [0.1, 0.15) is 5.82 Å². The molecule has 2 aromatic rings. The van der Waals surface area contributed by atoms with E-state index in [0.29, 0.717) is 16.9 Å². The molecule has 1 aromatic carbocycles. The van der Waals surface area contributed by atoms with Crippen molar-refractivity contribution in [2.75, 3.05) is 0 Å². The van der Waals surface area contributed by atoms with Gasteiger partial charge in [-0.25, -0.2) is 13.9 Å². The molecule has 17 heavy (non-hydrogen) atoms. The molecule has 2 rings (SSSR count). The van der Waals surface area contributed by atoms with Crippen LogP contribution in [0.5, 0.6) is 0 Å². The summed E-state index contributed by atoms with van der Waals surface area (Å²) in [6, 6.07) is 4.19. The summed E-state index contributed by atoms with van der Waals surface area (Å²) >= 11 is 0. The van der Waals surface area contributed by atoms with Gasteiger partial charge >= 0.3 is 5.97 Å². The molecule has 0 fully saturated rings. The molecule has 1 aromatic heterocycles. The fourth-order valence-electron chi connectivity index (χ4n) is 1.61. The molecular formula is C11H10FN3O2. The van der Waals surface area contributed by atoms with Crippen LogP contribution in [0.15, 0.2) is 18.2 Å². The monoisotopic (exact) mass is 235 g/mol. The van der Waals surface area contributed by atoms with Crippen molar-refractivity contribution >= 4 is 5.97 Å². The SMILES string of the molecule is Cc1cc(F)ccc1-n1nnc(C(=O)O)c1C. The lowest BCUT2D eigenvalue weighted by Gasteiger charge is -2.06. The van der Waals surface area contributed by atoms with Gasteiger partial charge in [0.05, 0.1) is 11.4 Å². The summed E-state index contributed by atoms with van der Waals surface area (Å²) in [5.41, 5.74) is 1.58. The van der Waals surface area contributed by atoms with E-state index in [1.54, 1.807) is 13.8 Å². The number of aryl methyl sites for hydroxylation is 1. The first-order valence-corrected chi connectivity index (χ1v) is 4.93. The lowest BCUT2D eigenvalue weighted by Crippen LogP contribution is -2.04. The van der Waals surface area contributed by atoms with E-state index in [2.05, 4.69) is 10.3 Å². The maximum Gasteiger partial charge on any atom is 0.358 e. The summed E-state index contributed by atoms with van der Waals surface area (Å²) in [4.78, 5) is 10.8. The first-order chi connectivity index (χ1) is 8.00. The predicted molar refractivity (Wildman–Crippen MR) is 57.8 cm³/mol. The van der Waals surface area contributed by atoms with Crippen LogP contribution in [0.25, 0.3) is 5.69 Å². The van der Waals surface area contributed by atoms with Gasteiger partial charge in [-0.2, -0.15) is 0 Å². The van der Waals surface area contributed by atoms with Gasteiger partial charge in [0, 0.05) is 0 Å². The number of nitrogens with zero attached hydrogens (tertiary/aromatic N) is 3. The number of rotatable bonds is 2. The number of carboxylic acids is 1. The van der Waals surface area contributed by atoms with E-state index < -0.39 is 5.97 Å². The van der Waals surface area contributed by atoms with E-state index in [4.69, 9.17) is 5.11 Å². The van der Waals surface area contributed by atoms with Crippen molar-refractivity contribution in [3.05, 3.63) is 41.0 Å². The normalized spacial score (nSPS) is 10.5. The zero-order valence-corrected chi connectivity index (χ0v) is 9.31. The number of carboxylic acid groups (broad SMARTS) is 1. The van der Waals surface area contributed by atoms with E-state index in [9.17, 15) is 9.18 Å². The largest absolute Gasteiger partial charge is 0.476 e. The second-order valence-corrected chi connectivity index (χ2v) is 3.67. The Morgan fingerprint density at radius 2 is 2.12 bits per heavy atom. The van der Waals surface area contributed by atoms with Crippen LogP contribution in [0, 0.1) is 19.7 Å². The van der Waals surface area contributed by atoms with Crippen molar-refractivity contribution in [3.63, 3.8) is 0 Å². The summed E-state index contributed by atoms with van der Waals surface area (Å²) in [7, 11) is 0. The molecule has 0 saturated carbocycles. The van der Waals surface area contributed by atoms with E-state index in [1.807, 2.05) is 0 Å². The molecule has 0 spiro atoms. The number of benzene rings is 1. The number of carbonyl (C=O) groups is 1. The minimum atomic E-state index is -1.13. The molecule has 5 nitrogen and oxygen atoms in total. The van der Waals surface area contributed by atoms with Gasteiger partial charge in [-0.1, -0.05) is 5.21 Å². The van der Waals surface area contributed by atoms with E-state index in [-0.39, 0.29) is 11.5 Å². The van der Waals surface area contributed by atoms with Gasteiger partial charge in [-0.15, -0.1) is 5.10 Å². The van der Waals surface area contributed by atoms with Crippen molar-refractivity contribution in [3.8, 4) is 5.69 Å². The molecule has 1 heterocycles. The minimum absolute atomic E-state index is 0.103. The molecular weight excluding hydrogens is 225 g/mol. The zero-order chi connectivity index (χ0) is 12.6. The third kappa shape index (κ3) is 1.89. The molecule has 88 valence electrons. The van der Waals surface area contributed by atoms with Gasteiger partial charge < -0.3 is 5.11 Å². The Bertz CT molecular complexity index is 592. The summed E-state index contributed by atoms with van der Waals surface area (Å²) in [5, 5.41) is 16.2. The summed E-state index contributed by atoms with van der Waals surface area (Å²) < 4.78 is 14.3. The van der Waals surface area contributed by atoms with E-state index in [0.717, 1.165) is 0 Å². The molecule has 1 N–H and O–H groups in total. The quantitative estimate of drug-likeness (QED) is 0.860. The smallest absolute Gasteiger partial charge is 0.358 e. The highest BCUT2D eigenvalue weighted by atomic mass is 19.1. The molecule has 0 aliphatic heterocycles. The topological polar surface area (TPSA) is 68.0 Å². The molecule has 0 atom stereocenters. The number of halogens is 1. The fraction of sp³-hybridized carbons (Fsp3) is 0.182. The number of hydrogen-bond acceptors (Lipinski definition) is 3. The Hall–Kier alpha value is -2.24. The minimum Gasteiger partial charge on any atom is -0.476 e. The Morgan fingerprint density at radius 3 is 2.65 bits per heavy atom. The fourth-order valence-corrected chi connectivity index (χ4v) is 1.61. The highest BCUT2D eigenvalue weighted by molar-refractivity contribution is 5.86. The summed E-state index contributed by atoms with van der Waals surface area (Å²) in [5.74, 6) is -1.48. The van der Waals surface area contributed by atoms with E-state index in [1.165, 1.54) is 22.9 Å². The van der Waals surface area contributed by atoms with E-state index >= 15 is 0 Å². The zero-order valence-electron chi connectivity index (χ0n) is 9.31. The molecule has 0 aliphatic rings. The molecule has 0 aliphatic carbocycles. The van der Waals surface area contributed by atoms with Crippen LogP contribution in [0.4, 0.5) is 4.39 Å². The van der Waals surface area contributed by atoms with Crippen molar-refractivity contribution in [2.45, 2.75) is 13.8 Å². The van der Waals surface area contributed by atoms with Crippen molar-refractivity contribution in [2.24, 2.45) is 0 Å². The van der Waals surface area contributed by atoms with Crippen LogP contribution < -0.4 is 0 Å². The third-order valence-electron chi connectivity index (χ3n) is 2.48. The van der Waals surface area contributed by atoms with Crippen LogP contribution in [0.2, 0.25) is 0 Å². The highest BCUT2D eigenvalue weighted by Crippen LogP contribution is 2.17. The van der Waals surface area contributed by atoms with Crippen molar-refractivity contribution in [1.29, 1.82) is 0 Å². The Kier molecular flexibility index (Phi) is 2.63. The van der Waals surface area contributed by atoms with Crippen LogP contribution >= 0.6 is 0 Å².